The van der Waals surface area contributed by atoms with E-state index in [1.165, 1.54) is 0 Å². The number of carbonyl (C=O) groups is 3. The van der Waals surface area contributed by atoms with E-state index in [1.54, 1.807) is 62.4 Å². The molecule has 4 rings (SSSR count). The smallest absolute Gasteiger partial charge is 0.338 e. The number of nitrogens with zero attached hydrogens (tertiary/aromatic N) is 1. The number of hydrogen-bond acceptors (Lipinski definition) is 4. The van der Waals surface area contributed by atoms with Crippen LogP contribution in [0.2, 0.25) is 0 Å². The molecule has 0 atom stereocenters. The SMILES string of the molecule is CC(C)OC(=O)c1ccc(N2C(=O)c3cccc4cccc(c34)C2=O)cc1. The van der Waals surface area contributed by atoms with E-state index in [0.717, 1.165) is 10.3 Å². The predicted octanol–water partition coefficient (Wildman–Crippen LogP) is 4.21. The lowest BCUT2D eigenvalue weighted by atomic mass is 9.94. The van der Waals surface area contributed by atoms with Crippen LogP contribution in [0.25, 0.3) is 10.8 Å². The summed E-state index contributed by atoms with van der Waals surface area (Å²) in [6, 6.07) is 17.1. The average molecular weight is 359 g/mol. The van der Waals surface area contributed by atoms with E-state index in [2.05, 4.69) is 0 Å². The zero-order valence-corrected chi connectivity index (χ0v) is 14.9. The Hall–Kier alpha value is -3.47. The number of imide groups is 1. The molecular weight excluding hydrogens is 342 g/mol. The van der Waals surface area contributed by atoms with Crippen molar-refractivity contribution in [2.24, 2.45) is 0 Å². The Morgan fingerprint density at radius 3 is 1.93 bits per heavy atom. The third-order valence-corrected chi connectivity index (χ3v) is 4.48. The molecule has 5 heteroatoms. The number of carbonyl (C=O) groups excluding carboxylic acids is 3. The highest BCUT2D eigenvalue weighted by molar-refractivity contribution is 6.35. The Balaban J connectivity index is 1.74. The number of ether oxygens (including phenoxy) is 1. The van der Waals surface area contributed by atoms with E-state index < -0.39 is 5.97 Å². The van der Waals surface area contributed by atoms with Gasteiger partial charge < -0.3 is 4.74 Å². The summed E-state index contributed by atoms with van der Waals surface area (Å²) in [5.41, 5.74) is 1.77. The van der Waals surface area contributed by atoms with Gasteiger partial charge in [-0.2, -0.15) is 0 Å². The predicted molar refractivity (Wildman–Crippen MR) is 102 cm³/mol. The van der Waals surface area contributed by atoms with Gasteiger partial charge in [0.25, 0.3) is 11.8 Å². The van der Waals surface area contributed by atoms with E-state index >= 15 is 0 Å². The monoisotopic (exact) mass is 359 g/mol. The second-order valence-corrected chi connectivity index (χ2v) is 6.66. The van der Waals surface area contributed by atoms with Gasteiger partial charge >= 0.3 is 5.97 Å². The van der Waals surface area contributed by atoms with E-state index in [9.17, 15) is 14.4 Å². The van der Waals surface area contributed by atoms with E-state index in [-0.39, 0.29) is 17.9 Å². The Morgan fingerprint density at radius 1 is 0.852 bits per heavy atom. The zero-order valence-electron chi connectivity index (χ0n) is 14.9. The Morgan fingerprint density at radius 2 is 1.41 bits per heavy atom. The lowest BCUT2D eigenvalue weighted by molar-refractivity contribution is 0.0377. The maximum Gasteiger partial charge on any atom is 0.338 e. The Kier molecular flexibility index (Phi) is 4.00. The zero-order chi connectivity index (χ0) is 19.1. The number of amides is 2. The minimum Gasteiger partial charge on any atom is -0.459 e. The van der Waals surface area contributed by atoms with Gasteiger partial charge in [0.15, 0.2) is 0 Å². The normalized spacial score (nSPS) is 13.4. The molecule has 5 nitrogen and oxygen atoms in total. The summed E-state index contributed by atoms with van der Waals surface area (Å²) in [6.07, 6.45) is -0.223. The highest BCUT2D eigenvalue weighted by Gasteiger charge is 2.33. The van der Waals surface area contributed by atoms with Crippen molar-refractivity contribution in [3.63, 3.8) is 0 Å². The molecule has 0 N–H and O–H groups in total. The van der Waals surface area contributed by atoms with Crippen LogP contribution in [0.4, 0.5) is 5.69 Å². The Labute approximate surface area is 156 Å². The van der Waals surface area contributed by atoms with Crippen LogP contribution in [0, 0.1) is 0 Å². The highest BCUT2D eigenvalue weighted by Crippen LogP contribution is 2.32. The molecule has 0 aromatic heterocycles. The van der Waals surface area contributed by atoms with Crippen LogP contribution >= 0.6 is 0 Å². The number of benzene rings is 3. The molecule has 0 spiro atoms. The molecule has 3 aromatic carbocycles. The summed E-state index contributed by atoms with van der Waals surface area (Å²) in [7, 11) is 0. The van der Waals surface area contributed by atoms with Gasteiger partial charge in [-0.05, 0) is 55.6 Å². The fourth-order valence-electron chi connectivity index (χ4n) is 3.29. The molecule has 27 heavy (non-hydrogen) atoms. The minimum absolute atomic E-state index is 0.223. The van der Waals surface area contributed by atoms with Gasteiger partial charge in [-0.15, -0.1) is 0 Å². The Bertz CT molecular complexity index is 1030. The molecule has 0 saturated carbocycles. The average Bonchev–Trinajstić information content (AvgIpc) is 2.66. The van der Waals surface area contributed by atoms with Crippen molar-refractivity contribution in [3.05, 3.63) is 77.4 Å². The third-order valence-electron chi connectivity index (χ3n) is 4.48. The van der Waals surface area contributed by atoms with Gasteiger partial charge in [-0.25, -0.2) is 9.69 Å². The van der Waals surface area contributed by atoms with Gasteiger partial charge in [0.05, 0.1) is 17.4 Å². The summed E-state index contributed by atoms with van der Waals surface area (Å²) in [4.78, 5) is 39.1. The quantitative estimate of drug-likeness (QED) is 0.519. The maximum atomic E-state index is 13.0. The first kappa shape index (κ1) is 17.0. The van der Waals surface area contributed by atoms with E-state index in [1.807, 2.05) is 12.1 Å². The molecule has 0 aliphatic carbocycles. The second kappa shape index (κ2) is 6.36. The lowest BCUT2D eigenvalue weighted by Gasteiger charge is -2.27. The number of esters is 1. The van der Waals surface area contributed by atoms with Gasteiger partial charge in [0.1, 0.15) is 0 Å². The van der Waals surface area contributed by atoms with Crippen LogP contribution in [0.3, 0.4) is 0 Å². The fourth-order valence-corrected chi connectivity index (χ4v) is 3.29. The first-order valence-electron chi connectivity index (χ1n) is 8.69. The molecule has 134 valence electrons. The maximum absolute atomic E-state index is 13.0. The van der Waals surface area contributed by atoms with Crippen molar-refractivity contribution in [3.8, 4) is 0 Å². The number of anilines is 1. The van der Waals surface area contributed by atoms with Gasteiger partial charge in [-0.1, -0.05) is 24.3 Å². The van der Waals surface area contributed by atoms with Crippen molar-refractivity contribution in [1.82, 2.24) is 0 Å². The first-order chi connectivity index (χ1) is 13.0. The summed E-state index contributed by atoms with van der Waals surface area (Å²) in [5.74, 6) is -1.19. The summed E-state index contributed by atoms with van der Waals surface area (Å²) >= 11 is 0. The van der Waals surface area contributed by atoms with Crippen molar-refractivity contribution in [1.29, 1.82) is 0 Å². The van der Waals surface area contributed by atoms with Gasteiger partial charge in [0, 0.05) is 16.5 Å². The molecule has 0 saturated heterocycles. The topological polar surface area (TPSA) is 63.7 Å². The molecule has 3 aromatic rings. The largest absolute Gasteiger partial charge is 0.459 e. The summed E-state index contributed by atoms with van der Waals surface area (Å²) < 4.78 is 5.16. The van der Waals surface area contributed by atoms with Crippen molar-refractivity contribution in [2.75, 3.05) is 4.90 Å². The molecule has 0 radical (unpaired) electrons. The summed E-state index contributed by atoms with van der Waals surface area (Å²) in [5, 5.41) is 1.54. The van der Waals surface area contributed by atoms with Crippen molar-refractivity contribution >= 4 is 34.2 Å². The fraction of sp³-hybridized carbons (Fsp3) is 0.136. The van der Waals surface area contributed by atoms with Crippen molar-refractivity contribution in [2.45, 2.75) is 20.0 Å². The highest BCUT2D eigenvalue weighted by atomic mass is 16.5. The molecular formula is C22H17NO4. The minimum atomic E-state index is -0.442. The molecule has 0 unspecified atom stereocenters. The van der Waals surface area contributed by atoms with E-state index in [4.69, 9.17) is 4.74 Å². The van der Waals surface area contributed by atoms with Crippen LogP contribution in [-0.2, 0) is 4.74 Å². The second-order valence-electron chi connectivity index (χ2n) is 6.66. The van der Waals surface area contributed by atoms with Crippen molar-refractivity contribution < 1.29 is 19.1 Å². The van der Waals surface area contributed by atoms with Crippen LogP contribution in [0.1, 0.15) is 44.9 Å². The van der Waals surface area contributed by atoms with Crippen LogP contribution < -0.4 is 4.90 Å². The third kappa shape index (κ3) is 2.77. The molecule has 1 aliphatic rings. The van der Waals surface area contributed by atoms with E-state index in [0.29, 0.717) is 27.8 Å². The number of rotatable bonds is 3. The van der Waals surface area contributed by atoms with Gasteiger partial charge in [0.2, 0.25) is 0 Å². The van der Waals surface area contributed by atoms with Crippen LogP contribution in [0.5, 0.6) is 0 Å². The molecule has 1 aliphatic heterocycles. The molecule has 0 fully saturated rings. The molecule has 1 heterocycles. The number of hydrogen-bond donors (Lipinski definition) is 0. The van der Waals surface area contributed by atoms with Crippen LogP contribution in [-0.4, -0.2) is 23.9 Å². The van der Waals surface area contributed by atoms with Crippen LogP contribution in [0.15, 0.2) is 60.7 Å². The standard InChI is InChI=1S/C22H17NO4/c1-13(2)27-22(26)15-9-11-16(12-10-15)23-20(24)17-7-3-5-14-6-4-8-18(19(14)17)21(23)25/h3-13H,1-2H3. The molecule has 0 bridgehead atoms. The summed E-state index contributed by atoms with van der Waals surface area (Å²) in [6.45, 7) is 3.55. The lowest BCUT2D eigenvalue weighted by Crippen LogP contribution is -2.40. The molecule has 2 amide bonds. The van der Waals surface area contributed by atoms with Gasteiger partial charge in [-0.3, -0.25) is 9.59 Å². The first-order valence-corrected chi connectivity index (χ1v) is 8.69.